The monoisotopic (exact) mass is 382 g/mol. The number of carbonyl (C=O) groups is 1. The molecule has 136 valence electrons. The molecule has 0 aliphatic carbocycles. The molecule has 2 aromatic rings. The fourth-order valence-electron chi connectivity index (χ4n) is 2.12. The predicted molar refractivity (Wildman–Crippen MR) is 100.0 cm³/mol. The first-order valence-electron chi connectivity index (χ1n) is 7.94. The number of nitrogens with zero attached hydrogens (tertiary/aromatic N) is 4. The highest BCUT2D eigenvalue weighted by Gasteiger charge is 2.27. The molecule has 0 saturated carbocycles. The number of rotatable bonds is 7. The Kier molecular flexibility index (Phi) is 6.72. The van der Waals surface area contributed by atoms with Gasteiger partial charge in [0.2, 0.25) is 5.91 Å². The maximum absolute atomic E-state index is 12.4. The second-order valence-corrected chi connectivity index (χ2v) is 7.71. The van der Waals surface area contributed by atoms with Crippen molar-refractivity contribution in [3.05, 3.63) is 35.1 Å². The second-order valence-electron chi connectivity index (χ2n) is 6.19. The molecule has 0 spiro atoms. The van der Waals surface area contributed by atoms with Crippen LogP contribution < -0.4 is 4.74 Å². The van der Waals surface area contributed by atoms with Crippen LogP contribution in [-0.4, -0.2) is 44.9 Å². The van der Waals surface area contributed by atoms with Crippen LogP contribution in [0.25, 0.3) is 0 Å². The number of benzene rings is 1. The Hall–Kier alpha value is -1.73. The molecular weight excluding hydrogens is 360 g/mol. The van der Waals surface area contributed by atoms with Crippen LogP contribution in [0.2, 0.25) is 5.02 Å². The average Bonchev–Trinajstić information content (AvgIpc) is 2.91. The van der Waals surface area contributed by atoms with Crippen molar-refractivity contribution >= 4 is 29.3 Å². The van der Waals surface area contributed by atoms with E-state index in [1.807, 2.05) is 37.6 Å². The molecule has 1 amide bonds. The first-order valence-corrected chi connectivity index (χ1v) is 9.20. The first kappa shape index (κ1) is 19.6. The molecule has 8 heteroatoms. The minimum atomic E-state index is -0.213. The highest BCUT2D eigenvalue weighted by Crippen LogP contribution is 2.29. The van der Waals surface area contributed by atoms with Crippen molar-refractivity contribution in [2.45, 2.75) is 30.9 Å². The van der Waals surface area contributed by atoms with Crippen LogP contribution in [0.4, 0.5) is 0 Å². The van der Waals surface area contributed by atoms with Crippen LogP contribution in [-0.2, 0) is 18.4 Å². The lowest BCUT2D eigenvalue weighted by molar-refractivity contribution is -0.128. The fraction of sp³-hybridized carbons (Fsp3) is 0.471. The smallest absolute Gasteiger partial charge is 0.235 e. The Balaban J connectivity index is 2.09. The van der Waals surface area contributed by atoms with Gasteiger partial charge >= 0.3 is 0 Å². The van der Waals surface area contributed by atoms with Gasteiger partial charge in [-0.25, -0.2) is 0 Å². The third-order valence-corrected chi connectivity index (χ3v) is 5.52. The number of hydrogen-bond acceptors (Lipinski definition) is 5. The summed E-state index contributed by atoms with van der Waals surface area (Å²) in [6, 6.07) is 7.28. The molecule has 0 aliphatic heterocycles. The molecular formula is C17H23ClN4O2S. The van der Waals surface area contributed by atoms with Crippen LogP contribution in [0.5, 0.6) is 5.75 Å². The first-order chi connectivity index (χ1) is 11.8. The third kappa shape index (κ3) is 4.89. The number of ether oxygens (including phenoxy) is 1. The number of hydrogen-bond donors (Lipinski definition) is 0. The lowest BCUT2D eigenvalue weighted by Crippen LogP contribution is -2.35. The molecule has 2 rings (SSSR count). The van der Waals surface area contributed by atoms with E-state index in [1.165, 1.54) is 11.8 Å². The van der Waals surface area contributed by atoms with E-state index in [-0.39, 0.29) is 23.7 Å². The highest BCUT2D eigenvalue weighted by molar-refractivity contribution is 8.00. The van der Waals surface area contributed by atoms with Gasteiger partial charge in [-0.2, -0.15) is 0 Å². The summed E-state index contributed by atoms with van der Waals surface area (Å²) >= 11 is 7.51. The van der Waals surface area contributed by atoms with Crippen molar-refractivity contribution in [3.63, 3.8) is 0 Å². The van der Waals surface area contributed by atoms with Crippen LogP contribution in [0.3, 0.4) is 0 Å². The van der Waals surface area contributed by atoms with Gasteiger partial charge in [0.15, 0.2) is 11.0 Å². The molecule has 1 aromatic heterocycles. The Morgan fingerprint density at radius 2 is 2.00 bits per heavy atom. The summed E-state index contributed by atoms with van der Waals surface area (Å²) in [6.45, 7) is 4.30. The standard InChI is InChI=1S/C17H23ClN4O2S/c1-11(2)15(16(23)21(3)4)25-17-20-19-14(22(17)5)10-24-13-9-7-6-8-12(13)18/h6-9,11,15H,10H2,1-5H3. The fourth-order valence-corrected chi connectivity index (χ4v) is 3.47. The zero-order chi connectivity index (χ0) is 18.6. The lowest BCUT2D eigenvalue weighted by atomic mass is 10.1. The number of halogens is 1. The SMILES string of the molecule is CC(C)C(Sc1nnc(COc2ccccc2Cl)n1C)C(=O)N(C)C. The Morgan fingerprint density at radius 1 is 1.32 bits per heavy atom. The molecule has 1 heterocycles. The minimum absolute atomic E-state index is 0.0665. The number of thioether (sulfide) groups is 1. The van der Waals surface area contributed by atoms with E-state index >= 15 is 0 Å². The molecule has 1 atom stereocenters. The van der Waals surface area contributed by atoms with Gasteiger partial charge in [0.1, 0.15) is 12.4 Å². The molecule has 25 heavy (non-hydrogen) atoms. The van der Waals surface area contributed by atoms with Gasteiger partial charge in [0.05, 0.1) is 10.3 Å². The summed E-state index contributed by atoms with van der Waals surface area (Å²) in [4.78, 5) is 14.0. The normalized spacial score (nSPS) is 12.3. The van der Waals surface area contributed by atoms with Crippen molar-refractivity contribution in [1.29, 1.82) is 0 Å². The van der Waals surface area contributed by atoms with E-state index < -0.39 is 0 Å². The molecule has 1 aromatic carbocycles. The quantitative estimate of drug-likeness (QED) is 0.688. The van der Waals surface area contributed by atoms with E-state index in [2.05, 4.69) is 10.2 Å². The van der Waals surface area contributed by atoms with Crippen molar-refractivity contribution in [2.24, 2.45) is 13.0 Å². The van der Waals surface area contributed by atoms with E-state index in [0.29, 0.717) is 21.8 Å². The van der Waals surface area contributed by atoms with Gasteiger partial charge in [-0.05, 0) is 18.1 Å². The summed E-state index contributed by atoms with van der Waals surface area (Å²) < 4.78 is 7.56. The van der Waals surface area contributed by atoms with Crippen LogP contribution >= 0.6 is 23.4 Å². The van der Waals surface area contributed by atoms with Crippen molar-refractivity contribution in [1.82, 2.24) is 19.7 Å². The molecule has 6 nitrogen and oxygen atoms in total. The summed E-state index contributed by atoms with van der Waals surface area (Å²) in [6.07, 6.45) is 0. The second kappa shape index (κ2) is 8.58. The van der Waals surface area contributed by atoms with Gasteiger partial charge in [-0.3, -0.25) is 4.79 Å². The van der Waals surface area contributed by atoms with E-state index in [1.54, 1.807) is 31.1 Å². The molecule has 0 bridgehead atoms. The van der Waals surface area contributed by atoms with E-state index in [9.17, 15) is 4.79 Å². The molecule has 0 N–H and O–H groups in total. The number of amides is 1. The van der Waals surface area contributed by atoms with Gasteiger partial charge in [-0.1, -0.05) is 49.3 Å². The number of para-hydroxylation sites is 1. The van der Waals surface area contributed by atoms with Crippen LogP contribution in [0.15, 0.2) is 29.4 Å². The maximum atomic E-state index is 12.4. The number of carbonyl (C=O) groups excluding carboxylic acids is 1. The summed E-state index contributed by atoms with van der Waals surface area (Å²) in [5.74, 6) is 1.52. The lowest BCUT2D eigenvalue weighted by Gasteiger charge is -2.22. The average molecular weight is 383 g/mol. The van der Waals surface area contributed by atoms with Crippen LogP contribution in [0, 0.1) is 5.92 Å². The largest absolute Gasteiger partial charge is 0.484 e. The summed E-state index contributed by atoms with van der Waals surface area (Å²) in [5, 5.41) is 9.41. The van der Waals surface area contributed by atoms with Crippen molar-refractivity contribution < 1.29 is 9.53 Å². The van der Waals surface area contributed by atoms with Crippen molar-refractivity contribution in [3.8, 4) is 5.75 Å². The van der Waals surface area contributed by atoms with Gasteiger partial charge in [-0.15, -0.1) is 10.2 Å². The van der Waals surface area contributed by atoms with Crippen molar-refractivity contribution in [2.75, 3.05) is 14.1 Å². The van der Waals surface area contributed by atoms with Gasteiger partial charge in [0.25, 0.3) is 0 Å². The Bertz CT molecular complexity index is 733. The van der Waals surface area contributed by atoms with Gasteiger partial charge in [0, 0.05) is 21.1 Å². The highest BCUT2D eigenvalue weighted by atomic mass is 35.5. The van der Waals surface area contributed by atoms with E-state index in [0.717, 1.165) is 0 Å². The Morgan fingerprint density at radius 3 is 2.60 bits per heavy atom. The van der Waals surface area contributed by atoms with Gasteiger partial charge < -0.3 is 14.2 Å². The summed E-state index contributed by atoms with van der Waals surface area (Å²) in [5.41, 5.74) is 0. The molecule has 1 unspecified atom stereocenters. The molecule has 0 aliphatic rings. The molecule has 0 radical (unpaired) electrons. The minimum Gasteiger partial charge on any atom is -0.484 e. The topological polar surface area (TPSA) is 60.3 Å². The zero-order valence-corrected chi connectivity index (χ0v) is 16.6. The maximum Gasteiger partial charge on any atom is 0.235 e. The van der Waals surface area contributed by atoms with E-state index in [4.69, 9.17) is 16.3 Å². The van der Waals surface area contributed by atoms with Crippen LogP contribution in [0.1, 0.15) is 19.7 Å². The number of aromatic nitrogens is 3. The molecule has 0 saturated heterocycles. The Labute approximate surface area is 157 Å². The molecule has 0 fully saturated rings. The predicted octanol–water partition coefficient (Wildman–Crippen LogP) is 3.25. The zero-order valence-electron chi connectivity index (χ0n) is 15.1. The third-order valence-electron chi connectivity index (χ3n) is 3.64. The summed E-state index contributed by atoms with van der Waals surface area (Å²) in [7, 11) is 5.39.